The van der Waals surface area contributed by atoms with Gasteiger partial charge in [-0.1, -0.05) is 0 Å². The van der Waals surface area contributed by atoms with Crippen molar-refractivity contribution in [3.05, 3.63) is 5.82 Å². The van der Waals surface area contributed by atoms with Gasteiger partial charge in [0, 0.05) is 36.5 Å². The van der Waals surface area contributed by atoms with Crippen LogP contribution in [0.3, 0.4) is 0 Å². The highest BCUT2D eigenvalue weighted by Gasteiger charge is 2.05. The van der Waals surface area contributed by atoms with Crippen molar-refractivity contribution in [3.63, 3.8) is 0 Å². The van der Waals surface area contributed by atoms with Crippen LogP contribution in [-0.2, 0) is 28.6 Å². The number of nitrogens with zero attached hydrogens (tertiary/aromatic N) is 4. The lowest BCUT2D eigenvalue weighted by Gasteiger charge is -2.04. The molecule has 7 nitrogen and oxygen atoms in total. The first-order valence-corrected chi connectivity index (χ1v) is 6.71. The van der Waals surface area contributed by atoms with Crippen molar-refractivity contribution in [2.75, 3.05) is 32.3 Å². The highest BCUT2D eigenvalue weighted by Crippen LogP contribution is 1.92. The zero-order chi connectivity index (χ0) is 11.8. The zero-order valence-corrected chi connectivity index (χ0v) is 10.4. The second-order valence-corrected chi connectivity index (χ2v) is 4.82. The van der Waals surface area contributed by atoms with Gasteiger partial charge in [0.25, 0.3) is 0 Å². The fraction of sp³-hybridized carbons (Fsp3) is 0.875. The van der Waals surface area contributed by atoms with Crippen LogP contribution in [0.1, 0.15) is 5.82 Å². The molecule has 0 saturated carbocycles. The van der Waals surface area contributed by atoms with Crippen molar-refractivity contribution in [2.45, 2.75) is 13.1 Å². The van der Waals surface area contributed by atoms with Crippen molar-refractivity contribution >= 4 is 10.8 Å². The second-order valence-electron chi connectivity index (χ2n) is 3.27. The van der Waals surface area contributed by atoms with Crippen LogP contribution in [0.4, 0.5) is 0 Å². The molecule has 1 rings (SSSR count). The number of tetrazole rings is 1. The molecule has 1 aromatic heterocycles. The maximum absolute atomic E-state index is 10.9. The first-order chi connectivity index (χ1) is 7.74. The molecule has 0 aliphatic carbocycles. The van der Waals surface area contributed by atoms with E-state index in [4.69, 9.17) is 4.74 Å². The van der Waals surface area contributed by atoms with Crippen LogP contribution in [0.5, 0.6) is 0 Å². The van der Waals surface area contributed by atoms with Gasteiger partial charge in [-0.15, -0.1) is 5.10 Å². The summed E-state index contributed by atoms with van der Waals surface area (Å²) < 4.78 is 17.5. The van der Waals surface area contributed by atoms with Crippen LogP contribution >= 0.6 is 0 Å². The molecule has 8 heteroatoms. The molecule has 1 N–H and O–H groups in total. The first-order valence-electron chi connectivity index (χ1n) is 4.98. The highest BCUT2D eigenvalue weighted by molar-refractivity contribution is 7.84. The monoisotopic (exact) mass is 247 g/mol. The van der Waals surface area contributed by atoms with Gasteiger partial charge in [0.05, 0.1) is 19.7 Å². The van der Waals surface area contributed by atoms with Crippen LogP contribution < -0.4 is 5.32 Å². The lowest BCUT2D eigenvalue weighted by molar-refractivity contribution is 0.198. The standard InChI is InChI=1S/C8H17N5O2S/c1-15-5-3-9-7-8-10-11-12-13(8)4-6-16(2)14/h9H,3-7H2,1-2H3. The number of aryl methyl sites for hydroxylation is 1. The van der Waals surface area contributed by atoms with Crippen LogP contribution in [-0.4, -0.2) is 56.7 Å². The third kappa shape index (κ3) is 4.77. The minimum Gasteiger partial charge on any atom is -0.383 e. The molecular formula is C8H17N5O2S. The Morgan fingerprint density at radius 1 is 1.56 bits per heavy atom. The molecule has 1 atom stereocenters. The summed E-state index contributed by atoms with van der Waals surface area (Å²) in [7, 11) is 0.831. The van der Waals surface area contributed by atoms with Gasteiger partial charge in [0.1, 0.15) is 0 Å². The Balaban J connectivity index is 2.35. The molecule has 16 heavy (non-hydrogen) atoms. The molecule has 1 unspecified atom stereocenters. The van der Waals surface area contributed by atoms with Crippen LogP contribution in [0.2, 0.25) is 0 Å². The van der Waals surface area contributed by atoms with Crippen LogP contribution in [0, 0.1) is 0 Å². The third-order valence-corrected chi connectivity index (χ3v) is 2.72. The summed E-state index contributed by atoms with van der Waals surface area (Å²) in [6, 6.07) is 0. The molecule has 0 fully saturated rings. The van der Waals surface area contributed by atoms with Gasteiger partial charge in [0.15, 0.2) is 5.82 Å². The van der Waals surface area contributed by atoms with E-state index in [0.717, 1.165) is 12.4 Å². The summed E-state index contributed by atoms with van der Waals surface area (Å²) in [6.07, 6.45) is 1.67. The SMILES string of the molecule is COCCNCc1nnnn1CCS(C)=O. The van der Waals surface area contributed by atoms with Gasteiger partial charge in [-0.05, 0) is 10.4 Å². The summed E-state index contributed by atoms with van der Waals surface area (Å²) in [6.45, 7) is 2.58. The largest absolute Gasteiger partial charge is 0.383 e. The van der Waals surface area contributed by atoms with Gasteiger partial charge >= 0.3 is 0 Å². The molecule has 0 bridgehead atoms. The van der Waals surface area contributed by atoms with E-state index in [9.17, 15) is 4.21 Å². The number of nitrogens with one attached hydrogen (secondary N) is 1. The molecule has 1 aromatic rings. The lowest BCUT2D eigenvalue weighted by atomic mass is 10.5. The summed E-state index contributed by atoms with van der Waals surface area (Å²) >= 11 is 0. The minimum absolute atomic E-state index is 0.566. The zero-order valence-electron chi connectivity index (χ0n) is 9.55. The number of hydrogen-bond acceptors (Lipinski definition) is 6. The Labute approximate surface area is 97.0 Å². The van der Waals surface area contributed by atoms with Gasteiger partial charge in [0.2, 0.25) is 0 Å². The molecule has 0 spiro atoms. The van der Waals surface area contributed by atoms with E-state index in [2.05, 4.69) is 20.8 Å². The van der Waals surface area contributed by atoms with Crippen molar-refractivity contribution in [3.8, 4) is 0 Å². The van der Waals surface area contributed by atoms with Crippen molar-refractivity contribution in [1.82, 2.24) is 25.5 Å². The Morgan fingerprint density at radius 2 is 2.38 bits per heavy atom. The Kier molecular flexibility index (Phi) is 6.12. The van der Waals surface area contributed by atoms with Crippen molar-refractivity contribution in [1.29, 1.82) is 0 Å². The van der Waals surface area contributed by atoms with E-state index in [-0.39, 0.29) is 0 Å². The van der Waals surface area contributed by atoms with E-state index in [1.807, 2.05) is 0 Å². The molecule has 0 saturated heterocycles. The average Bonchev–Trinajstić information content (AvgIpc) is 2.69. The topological polar surface area (TPSA) is 81.9 Å². The predicted octanol–water partition coefficient (Wildman–Crippen LogP) is -1.21. The molecule has 1 heterocycles. The third-order valence-electron chi connectivity index (χ3n) is 1.96. The van der Waals surface area contributed by atoms with Crippen molar-refractivity contribution < 1.29 is 8.95 Å². The van der Waals surface area contributed by atoms with Gasteiger partial charge in [-0.3, -0.25) is 4.21 Å². The Hall–Kier alpha value is -0.860. The maximum atomic E-state index is 10.9. The first kappa shape index (κ1) is 13.2. The quantitative estimate of drug-likeness (QED) is 0.580. The fourth-order valence-electron chi connectivity index (χ4n) is 1.11. The van der Waals surface area contributed by atoms with E-state index in [1.165, 1.54) is 0 Å². The fourth-order valence-corrected chi connectivity index (χ4v) is 1.54. The predicted molar refractivity (Wildman–Crippen MR) is 60.3 cm³/mol. The number of ether oxygens (including phenoxy) is 1. The molecule has 0 amide bonds. The highest BCUT2D eigenvalue weighted by atomic mass is 32.2. The minimum atomic E-state index is -0.824. The maximum Gasteiger partial charge on any atom is 0.165 e. The molecule has 0 aliphatic heterocycles. The second kappa shape index (κ2) is 7.42. The van der Waals surface area contributed by atoms with Gasteiger partial charge in [-0.2, -0.15) is 0 Å². The van der Waals surface area contributed by atoms with Crippen LogP contribution in [0.15, 0.2) is 0 Å². The van der Waals surface area contributed by atoms with Gasteiger partial charge in [-0.25, -0.2) is 4.68 Å². The summed E-state index contributed by atoms with van der Waals surface area (Å²) in [5.74, 6) is 1.32. The van der Waals surface area contributed by atoms with E-state index in [0.29, 0.717) is 25.4 Å². The van der Waals surface area contributed by atoms with E-state index < -0.39 is 10.8 Å². The number of aromatic nitrogens is 4. The molecular weight excluding hydrogens is 230 g/mol. The lowest BCUT2D eigenvalue weighted by Crippen LogP contribution is -2.22. The molecule has 0 radical (unpaired) electrons. The molecule has 92 valence electrons. The van der Waals surface area contributed by atoms with Crippen LogP contribution in [0.25, 0.3) is 0 Å². The summed E-state index contributed by atoms with van der Waals surface area (Å²) in [4.78, 5) is 0. The molecule has 0 aliphatic rings. The molecule has 0 aromatic carbocycles. The smallest absolute Gasteiger partial charge is 0.165 e. The summed E-state index contributed by atoms with van der Waals surface area (Å²) in [5.41, 5.74) is 0. The Morgan fingerprint density at radius 3 is 3.06 bits per heavy atom. The number of methoxy groups -OCH3 is 1. The van der Waals surface area contributed by atoms with E-state index in [1.54, 1.807) is 18.0 Å². The summed E-state index contributed by atoms with van der Waals surface area (Å²) in [5, 5.41) is 14.5. The van der Waals surface area contributed by atoms with Crippen molar-refractivity contribution in [2.24, 2.45) is 0 Å². The normalized spacial score (nSPS) is 12.9. The average molecular weight is 247 g/mol. The number of hydrogen-bond donors (Lipinski definition) is 1. The van der Waals surface area contributed by atoms with Gasteiger partial charge < -0.3 is 10.1 Å². The Bertz CT molecular complexity index is 330. The number of rotatable bonds is 8. The van der Waals surface area contributed by atoms with E-state index >= 15 is 0 Å².